The normalized spacial score (nSPS) is 11.9. The first-order valence-corrected chi connectivity index (χ1v) is 5.61. The highest BCUT2D eigenvalue weighted by atomic mass is 16.3. The Kier molecular flexibility index (Phi) is 12.3. The number of carbonyl (C=O) groups excluding carboxylic acids is 4. The fraction of sp³-hybridized carbons (Fsp3) is 0.500. The molecule has 0 spiro atoms. The van der Waals surface area contributed by atoms with Gasteiger partial charge < -0.3 is 10.2 Å². The van der Waals surface area contributed by atoms with Crippen molar-refractivity contribution < 1.29 is 29.4 Å². The van der Waals surface area contributed by atoms with Crippen LogP contribution in [0.4, 0.5) is 0 Å². The van der Waals surface area contributed by atoms with Gasteiger partial charge in [0.1, 0.15) is 0 Å². The smallest absolute Gasteiger partial charge is 0.265 e. The molecule has 0 fully saturated rings. The van der Waals surface area contributed by atoms with Crippen molar-refractivity contribution in [3.05, 3.63) is 0 Å². The Labute approximate surface area is 124 Å². The van der Waals surface area contributed by atoms with Gasteiger partial charge in [-0.1, -0.05) is 0 Å². The standard InChI is InChI=1S/C4H10N4O4.C4H10N4O2/c5-7-3(11)1(9)2(10)4(12)8-6;5-7-3(9)1-2-4(10)8-6/h1-2,9-10H,5-6H2,(H,7,11)(H,8,12);1-2,5-6H2,(H,7,9)(H,8,10). The van der Waals surface area contributed by atoms with Crippen LogP contribution in [0.5, 0.6) is 0 Å². The van der Waals surface area contributed by atoms with E-state index in [0.29, 0.717) is 0 Å². The van der Waals surface area contributed by atoms with Crippen molar-refractivity contribution in [3.63, 3.8) is 0 Å². The molecular weight excluding hydrogens is 304 g/mol. The summed E-state index contributed by atoms with van der Waals surface area (Å²) in [6.45, 7) is 0. The van der Waals surface area contributed by atoms with E-state index >= 15 is 0 Å². The van der Waals surface area contributed by atoms with Gasteiger partial charge in [0.15, 0.2) is 12.2 Å². The van der Waals surface area contributed by atoms with Crippen molar-refractivity contribution >= 4 is 23.6 Å². The predicted molar refractivity (Wildman–Crippen MR) is 70.6 cm³/mol. The van der Waals surface area contributed by atoms with Gasteiger partial charge in [0.05, 0.1) is 0 Å². The van der Waals surface area contributed by atoms with Crippen molar-refractivity contribution in [3.8, 4) is 0 Å². The number of carbonyl (C=O) groups is 4. The molecule has 128 valence electrons. The van der Waals surface area contributed by atoms with Crippen molar-refractivity contribution in [2.45, 2.75) is 25.0 Å². The van der Waals surface area contributed by atoms with Crippen molar-refractivity contribution in [2.75, 3.05) is 0 Å². The number of nitrogens with two attached hydrogens (primary N) is 4. The number of amides is 4. The number of rotatable bonds is 6. The van der Waals surface area contributed by atoms with Crippen LogP contribution in [-0.2, 0) is 19.2 Å². The molecule has 4 amide bonds. The van der Waals surface area contributed by atoms with Crippen LogP contribution in [0.2, 0.25) is 0 Å². The maximum absolute atomic E-state index is 10.5. The van der Waals surface area contributed by atoms with Crippen LogP contribution < -0.4 is 45.1 Å². The Hall–Kier alpha value is -2.36. The molecule has 0 saturated heterocycles. The molecule has 14 N–H and O–H groups in total. The molecule has 0 aromatic heterocycles. The second kappa shape index (κ2) is 12.4. The SMILES string of the molecule is NNC(=O)C(O)C(O)C(=O)NN.NNC(=O)CCC(=O)NN. The second-order valence-electron chi connectivity index (χ2n) is 3.54. The van der Waals surface area contributed by atoms with E-state index in [1.807, 2.05) is 10.9 Å². The van der Waals surface area contributed by atoms with Crippen LogP contribution in [0.15, 0.2) is 0 Å². The lowest BCUT2D eigenvalue weighted by Gasteiger charge is -2.13. The maximum atomic E-state index is 10.5. The summed E-state index contributed by atoms with van der Waals surface area (Å²) < 4.78 is 0. The van der Waals surface area contributed by atoms with E-state index < -0.39 is 24.0 Å². The van der Waals surface area contributed by atoms with E-state index in [4.69, 9.17) is 21.9 Å². The molecule has 22 heavy (non-hydrogen) atoms. The van der Waals surface area contributed by atoms with E-state index in [1.54, 1.807) is 10.9 Å². The van der Waals surface area contributed by atoms with Crippen LogP contribution >= 0.6 is 0 Å². The van der Waals surface area contributed by atoms with Gasteiger partial charge in [-0.15, -0.1) is 0 Å². The third-order valence-corrected chi connectivity index (χ3v) is 2.02. The fourth-order valence-corrected chi connectivity index (χ4v) is 0.829. The molecule has 0 rings (SSSR count). The first-order valence-electron chi connectivity index (χ1n) is 5.61. The summed E-state index contributed by atoms with van der Waals surface area (Å²) in [6.07, 6.45) is -3.75. The maximum Gasteiger partial charge on any atom is 0.265 e. The average Bonchev–Trinajstić information content (AvgIpc) is 2.56. The van der Waals surface area contributed by atoms with E-state index in [-0.39, 0.29) is 24.7 Å². The van der Waals surface area contributed by atoms with Gasteiger partial charge in [-0.2, -0.15) is 0 Å². The first-order chi connectivity index (χ1) is 10.2. The van der Waals surface area contributed by atoms with Crippen molar-refractivity contribution in [1.29, 1.82) is 0 Å². The van der Waals surface area contributed by atoms with Gasteiger partial charge in [0.2, 0.25) is 11.8 Å². The minimum Gasteiger partial charge on any atom is -0.380 e. The summed E-state index contributed by atoms with van der Waals surface area (Å²) >= 11 is 0. The van der Waals surface area contributed by atoms with Gasteiger partial charge in [0.25, 0.3) is 11.8 Å². The number of hydrogen-bond acceptors (Lipinski definition) is 10. The Morgan fingerprint density at radius 1 is 0.682 bits per heavy atom. The minimum atomic E-state index is -1.93. The molecule has 0 aromatic rings. The lowest BCUT2D eigenvalue weighted by atomic mass is 10.2. The van der Waals surface area contributed by atoms with Crippen LogP contribution in [0.25, 0.3) is 0 Å². The molecule has 0 radical (unpaired) electrons. The molecule has 14 nitrogen and oxygen atoms in total. The second-order valence-corrected chi connectivity index (χ2v) is 3.54. The Balaban J connectivity index is 0. The van der Waals surface area contributed by atoms with E-state index in [0.717, 1.165) is 0 Å². The Morgan fingerprint density at radius 2 is 0.955 bits per heavy atom. The van der Waals surface area contributed by atoms with Crippen LogP contribution in [-0.4, -0.2) is 46.0 Å². The Bertz CT molecular complexity index is 355. The van der Waals surface area contributed by atoms with Crippen LogP contribution in [0.1, 0.15) is 12.8 Å². The van der Waals surface area contributed by atoms with E-state index in [1.165, 1.54) is 0 Å². The summed E-state index contributed by atoms with van der Waals surface area (Å²) in [5.41, 5.74) is 6.88. The Morgan fingerprint density at radius 3 is 1.14 bits per heavy atom. The highest BCUT2D eigenvalue weighted by Gasteiger charge is 2.29. The molecule has 2 unspecified atom stereocenters. The number of hydrogen-bond donors (Lipinski definition) is 10. The largest absolute Gasteiger partial charge is 0.380 e. The first kappa shape index (κ1) is 21.9. The average molecular weight is 324 g/mol. The summed E-state index contributed by atoms with van der Waals surface area (Å²) in [4.78, 5) is 41.8. The molecule has 0 aliphatic rings. The molecular formula is C8H20N8O6. The van der Waals surface area contributed by atoms with Gasteiger partial charge in [-0.05, 0) is 0 Å². The summed E-state index contributed by atoms with van der Waals surface area (Å²) in [5.74, 6) is 15.8. The molecule has 0 saturated carbocycles. The minimum absolute atomic E-state index is 0.0551. The van der Waals surface area contributed by atoms with Gasteiger partial charge in [-0.25, -0.2) is 23.4 Å². The van der Waals surface area contributed by atoms with Gasteiger partial charge in [0, 0.05) is 12.8 Å². The lowest BCUT2D eigenvalue weighted by molar-refractivity contribution is -0.146. The zero-order valence-corrected chi connectivity index (χ0v) is 11.4. The van der Waals surface area contributed by atoms with E-state index in [2.05, 4.69) is 11.7 Å². The van der Waals surface area contributed by atoms with Crippen molar-refractivity contribution in [1.82, 2.24) is 21.7 Å². The number of aliphatic hydroxyl groups is 2. The molecule has 0 aliphatic heterocycles. The molecule has 0 bridgehead atoms. The highest BCUT2D eigenvalue weighted by Crippen LogP contribution is 1.92. The molecule has 0 aliphatic carbocycles. The molecule has 0 aromatic carbocycles. The number of nitrogens with one attached hydrogen (secondary N) is 4. The third kappa shape index (κ3) is 9.53. The molecule has 2 atom stereocenters. The van der Waals surface area contributed by atoms with Crippen molar-refractivity contribution in [2.24, 2.45) is 23.4 Å². The lowest BCUT2D eigenvalue weighted by Crippen LogP contribution is -2.52. The van der Waals surface area contributed by atoms with E-state index in [9.17, 15) is 19.2 Å². The van der Waals surface area contributed by atoms with Gasteiger partial charge in [-0.3, -0.25) is 40.9 Å². The van der Waals surface area contributed by atoms with Crippen LogP contribution in [0.3, 0.4) is 0 Å². The predicted octanol–water partition coefficient (Wildman–Crippen LogP) is -6.57. The number of aliphatic hydroxyl groups excluding tert-OH is 2. The summed E-state index contributed by atoms with van der Waals surface area (Å²) in [7, 11) is 0. The van der Waals surface area contributed by atoms with Gasteiger partial charge >= 0.3 is 0 Å². The zero-order chi connectivity index (χ0) is 17.7. The summed E-state index contributed by atoms with van der Waals surface area (Å²) in [6, 6.07) is 0. The third-order valence-electron chi connectivity index (χ3n) is 2.02. The fourth-order valence-electron chi connectivity index (χ4n) is 0.829. The highest BCUT2D eigenvalue weighted by molar-refractivity contribution is 5.90. The molecule has 14 heteroatoms. The quantitative estimate of drug-likeness (QED) is 0.125. The monoisotopic (exact) mass is 324 g/mol. The zero-order valence-electron chi connectivity index (χ0n) is 11.4. The topological polar surface area (TPSA) is 261 Å². The van der Waals surface area contributed by atoms with Crippen LogP contribution in [0, 0.1) is 0 Å². The number of hydrazine groups is 4. The molecule has 0 heterocycles. The summed E-state index contributed by atoms with van der Waals surface area (Å²) in [5, 5.41) is 17.7.